The van der Waals surface area contributed by atoms with Crippen molar-refractivity contribution in [2.24, 2.45) is 0 Å². The first-order valence-corrected chi connectivity index (χ1v) is 10.9. The number of hydrogen-bond acceptors (Lipinski definition) is 6. The topological polar surface area (TPSA) is 108 Å². The molecule has 3 aromatic heterocycles. The Morgan fingerprint density at radius 3 is 2.66 bits per heavy atom. The van der Waals surface area contributed by atoms with Crippen molar-refractivity contribution in [2.45, 2.75) is 12.6 Å². The van der Waals surface area contributed by atoms with Gasteiger partial charge in [-0.25, -0.2) is 19.0 Å². The number of rotatable bonds is 6. The number of nitrogens with two attached hydrogens (primary N) is 1. The Labute approximate surface area is 204 Å². The Bertz CT molecular complexity index is 1430. The summed E-state index contributed by atoms with van der Waals surface area (Å²) < 4.78 is 50.0. The first kappa shape index (κ1) is 24.4. The molecule has 1 atom stereocenters. The number of benzene rings is 1. The lowest BCUT2D eigenvalue weighted by atomic mass is 10.2. The minimum absolute atomic E-state index is 0.0000201. The van der Waals surface area contributed by atoms with Crippen LogP contribution in [0.1, 0.15) is 21.6 Å². The van der Waals surface area contributed by atoms with Gasteiger partial charge >= 0.3 is 5.66 Å². The lowest BCUT2D eigenvalue weighted by molar-refractivity contribution is 0.0894. The van der Waals surface area contributed by atoms with Gasteiger partial charge in [-0.1, -0.05) is 26.9 Å². The van der Waals surface area contributed by atoms with Crippen LogP contribution in [-0.2, 0) is 5.66 Å². The molecule has 0 spiro atoms. The number of carbonyl (C=O) groups is 1. The Balaban J connectivity index is 1.61. The maximum atomic E-state index is 14.6. The molecule has 8 nitrogen and oxygen atoms in total. The number of aromatic nitrogens is 4. The van der Waals surface area contributed by atoms with Gasteiger partial charge in [-0.2, -0.15) is 13.9 Å². The van der Waals surface area contributed by atoms with Crippen LogP contribution in [0.15, 0.2) is 55.0 Å². The Morgan fingerprint density at radius 2 is 1.97 bits per heavy atom. The predicted octanol–water partition coefficient (Wildman–Crippen LogP) is 5.31. The molecule has 13 heteroatoms. The number of nitrogen functional groups attached to an aromatic ring is 1. The van der Waals surface area contributed by atoms with Gasteiger partial charge in [0, 0.05) is 30.2 Å². The van der Waals surface area contributed by atoms with Crippen molar-refractivity contribution in [1.82, 2.24) is 19.7 Å². The quantitative estimate of drug-likeness (QED) is 0.333. The number of nitrogens with one attached hydrogen (secondary N) is 1. The second kappa shape index (κ2) is 9.52. The molecule has 3 N–H and O–H groups in total. The zero-order valence-electron chi connectivity index (χ0n) is 18.0. The normalized spacial score (nSPS) is 11.4. The second-order valence-electron chi connectivity index (χ2n) is 7.30. The van der Waals surface area contributed by atoms with Crippen LogP contribution >= 0.6 is 20.8 Å². The molecule has 1 unspecified atom stereocenters. The van der Waals surface area contributed by atoms with Crippen molar-refractivity contribution in [3.8, 4) is 17.3 Å². The van der Waals surface area contributed by atoms with E-state index >= 15 is 0 Å². The standard InChI is InChI=1S/C22H17ClF3N6O2P/c1-11-3-2-7-29-20(11)32-18(22(25,26)35)13(10-30-32)21(33)31-12-4-5-15(14(24)9-12)34-16-6-8-28-19(27)17(16)23/h2-10H,35H2,1H3,(H2,27,28)(H,31,33). The van der Waals surface area contributed by atoms with Crippen LogP contribution in [0.3, 0.4) is 0 Å². The molecule has 0 saturated carbocycles. The summed E-state index contributed by atoms with van der Waals surface area (Å²) in [4.78, 5) is 20.7. The smallest absolute Gasteiger partial charge is 0.301 e. The van der Waals surface area contributed by atoms with Crippen molar-refractivity contribution in [2.75, 3.05) is 11.1 Å². The summed E-state index contributed by atoms with van der Waals surface area (Å²) in [6, 6.07) is 8.27. The van der Waals surface area contributed by atoms with Crippen LogP contribution in [0.5, 0.6) is 11.5 Å². The fourth-order valence-corrected chi connectivity index (χ4v) is 3.62. The fraction of sp³-hybridized carbons (Fsp3) is 0.0909. The average molecular weight is 521 g/mol. The van der Waals surface area contributed by atoms with E-state index in [1.54, 1.807) is 19.1 Å². The van der Waals surface area contributed by atoms with Gasteiger partial charge in [0.2, 0.25) is 0 Å². The van der Waals surface area contributed by atoms with Gasteiger partial charge in [-0.15, -0.1) is 0 Å². The molecular formula is C22H17ClF3N6O2P. The summed E-state index contributed by atoms with van der Waals surface area (Å²) in [7, 11) is 1.39. The van der Waals surface area contributed by atoms with Crippen molar-refractivity contribution in [1.29, 1.82) is 0 Å². The lowest BCUT2D eigenvalue weighted by Gasteiger charge is -2.16. The van der Waals surface area contributed by atoms with E-state index in [0.29, 0.717) is 5.56 Å². The maximum absolute atomic E-state index is 14.6. The minimum Gasteiger partial charge on any atom is -0.453 e. The summed E-state index contributed by atoms with van der Waals surface area (Å²) in [5, 5.41) is 6.35. The average Bonchev–Trinajstić information content (AvgIpc) is 3.25. The van der Waals surface area contributed by atoms with E-state index < -0.39 is 28.6 Å². The molecule has 0 aliphatic rings. The number of alkyl halides is 2. The number of nitrogens with zero attached hydrogens (tertiary/aromatic N) is 4. The van der Waals surface area contributed by atoms with Crippen LogP contribution in [-0.4, -0.2) is 25.7 Å². The summed E-state index contributed by atoms with van der Waals surface area (Å²) in [6.45, 7) is 1.67. The molecule has 3 heterocycles. The van der Waals surface area contributed by atoms with E-state index in [2.05, 4.69) is 20.4 Å². The molecule has 1 amide bonds. The molecule has 0 fully saturated rings. The zero-order chi connectivity index (χ0) is 25.3. The fourth-order valence-electron chi connectivity index (χ4n) is 3.19. The molecule has 0 aliphatic heterocycles. The molecule has 0 saturated heterocycles. The van der Waals surface area contributed by atoms with E-state index in [1.165, 1.54) is 39.8 Å². The highest BCUT2D eigenvalue weighted by molar-refractivity contribution is 7.17. The van der Waals surface area contributed by atoms with Crippen molar-refractivity contribution >= 4 is 38.3 Å². The second-order valence-corrected chi connectivity index (χ2v) is 8.40. The van der Waals surface area contributed by atoms with Gasteiger partial charge in [0.25, 0.3) is 5.91 Å². The number of hydrogen-bond donors (Lipinski definition) is 2. The molecule has 0 bridgehead atoms. The van der Waals surface area contributed by atoms with Crippen LogP contribution in [0.25, 0.3) is 5.82 Å². The number of halogens is 4. The predicted molar refractivity (Wildman–Crippen MR) is 128 cm³/mol. The number of ether oxygens (including phenoxy) is 1. The summed E-state index contributed by atoms with van der Waals surface area (Å²) in [5.41, 5.74) is 1.57. The zero-order valence-corrected chi connectivity index (χ0v) is 19.9. The third-order valence-corrected chi connectivity index (χ3v) is 5.46. The third-order valence-electron chi connectivity index (χ3n) is 4.80. The number of carbonyl (C=O) groups excluding carboxylic acids is 1. The highest BCUT2D eigenvalue weighted by atomic mass is 35.5. The van der Waals surface area contributed by atoms with Gasteiger partial charge in [0.15, 0.2) is 23.1 Å². The molecular weight excluding hydrogens is 504 g/mol. The van der Waals surface area contributed by atoms with E-state index in [9.17, 15) is 18.0 Å². The molecule has 0 radical (unpaired) electrons. The Morgan fingerprint density at radius 1 is 1.20 bits per heavy atom. The first-order valence-electron chi connectivity index (χ1n) is 9.92. The van der Waals surface area contributed by atoms with Crippen molar-refractivity contribution in [3.63, 3.8) is 0 Å². The van der Waals surface area contributed by atoms with Crippen LogP contribution in [0, 0.1) is 12.7 Å². The summed E-state index contributed by atoms with van der Waals surface area (Å²) in [5.74, 6) is -1.72. The van der Waals surface area contributed by atoms with Gasteiger partial charge in [-0.05, 0) is 30.7 Å². The van der Waals surface area contributed by atoms with Gasteiger partial charge in [0.05, 0.1) is 11.8 Å². The highest BCUT2D eigenvalue weighted by Crippen LogP contribution is 2.39. The highest BCUT2D eigenvalue weighted by Gasteiger charge is 2.36. The molecule has 0 aliphatic carbocycles. The van der Waals surface area contributed by atoms with Crippen LogP contribution in [0.4, 0.5) is 24.7 Å². The minimum atomic E-state index is -3.51. The molecule has 35 heavy (non-hydrogen) atoms. The van der Waals surface area contributed by atoms with E-state index in [0.717, 1.165) is 16.9 Å². The van der Waals surface area contributed by atoms with Crippen LogP contribution in [0.2, 0.25) is 5.02 Å². The third kappa shape index (κ3) is 5.06. The lowest BCUT2D eigenvalue weighted by Crippen LogP contribution is -2.20. The summed E-state index contributed by atoms with van der Waals surface area (Å²) >= 11 is 6.00. The SMILES string of the molecule is Cc1cccnc1-n1ncc(C(=O)Nc2ccc(Oc3ccnc(N)c3Cl)c(F)c2)c1C(F)(F)P. The van der Waals surface area contributed by atoms with Gasteiger partial charge < -0.3 is 15.8 Å². The van der Waals surface area contributed by atoms with Gasteiger partial charge in [0.1, 0.15) is 16.5 Å². The number of pyridine rings is 2. The largest absolute Gasteiger partial charge is 0.453 e. The number of aryl methyl sites for hydroxylation is 1. The maximum Gasteiger partial charge on any atom is 0.301 e. The number of anilines is 2. The molecule has 1 aromatic carbocycles. The van der Waals surface area contributed by atoms with E-state index in [1.807, 2.05) is 0 Å². The van der Waals surface area contributed by atoms with Crippen LogP contribution < -0.4 is 15.8 Å². The van der Waals surface area contributed by atoms with Crippen molar-refractivity contribution in [3.05, 3.63) is 82.6 Å². The molecule has 180 valence electrons. The molecule has 4 aromatic rings. The first-order chi connectivity index (χ1) is 16.6. The monoisotopic (exact) mass is 520 g/mol. The van der Waals surface area contributed by atoms with E-state index in [-0.39, 0.29) is 33.8 Å². The van der Waals surface area contributed by atoms with E-state index in [4.69, 9.17) is 22.1 Å². The summed E-state index contributed by atoms with van der Waals surface area (Å²) in [6.07, 6.45) is 3.77. The molecule has 4 rings (SSSR count). The Kier molecular flexibility index (Phi) is 6.64. The van der Waals surface area contributed by atoms with Crippen molar-refractivity contribution < 1.29 is 22.7 Å². The van der Waals surface area contributed by atoms with Gasteiger partial charge in [-0.3, -0.25) is 4.79 Å². The Hall–Kier alpha value is -3.69. The number of amides is 1.